The Morgan fingerprint density at radius 1 is 1.29 bits per heavy atom. The third-order valence-electron chi connectivity index (χ3n) is 2.38. The molecule has 0 aromatic rings. The summed E-state index contributed by atoms with van der Waals surface area (Å²) in [6.07, 6.45) is 1.39. The first-order chi connectivity index (χ1) is 6.57. The van der Waals surface area contributed by atoms with Crippen LogP contribution in [0.2, 0.25) is 0 Å². The lowest BCUT2D eigenvalue weighted by Crippen LogP contribution is -2.35. The zero-order chi connectivity index (χ0) is 11.2. The fraction of sp³-hybridized carbons (Fsp3) is 0.667. The Morgan fingerprint density at radius 2 is 1.79 bits per heavy atom. The number of carboxylic acid groups (broad SMARTS) is 1. The van der Waals surface area contributed by atoms with Crippen molar-refractivity contribution in [3.8, 4) is 0 Å². The van der Waals surface area contributed by atoms with Crippen LogP contribution in [-0.2, 0) is 4.79 Å². The van der Waals surface area contributed by atoms with Crippen LogP contribution in [0.15, 0.2) is 11.6 Å². The Balaban J connectivity index is 5.11. The van der Waals surface area contributed by atoms with E-state index in [4.69, 9.17) is 20.4 Å². The van der Waals surface area contributed by atoms with Crippen molar-refractivity contribution in [2.75, 3.05) is 19.8 Å². The Morgan fingerprint density at radius 3 is 2.00 bits per heavy atom. The molecule has 0 atom stereocenters. The van der Waals surface area contributed by atoms with Gasteiger partial charge in [-0.2, -0.15) is 0 Å². The van der Waals surface area contributed by atoms with Crippen molar-refractivity contribution in [3.05, 3.63) is 11.6 Å². The van der Waals surface area contributed by atoms with Crippen LogP contribution in [0.4, 0.5) is 0 Å². The van der Waals surface area contributed by atoms with Crippen molar-refractivity contribution in [1.29, 1.82) is 0 Å². The Bertz CT molecular complexity index is 209. The van der Waals surface area contributed by atoms with Crippen LogP contribution in [-0.4, -0.2) is 46.2 Å². The van der Waals surface area contributed by atoms with Gasteiger partial charge in [-0.05, 0) is 12.5 Å². The minimum atomic E-state index is -1.23. The highest BCUT2D eigenvalue weighted by Crippen LogP contribution is 2.30. The summed E-state index contributed by atoms with van der Waals surface area (Å²) in [7, 11) is 0. The molecule has 4 N–H and O–H groups in total. The number of aliphatic hydroxyl groups excluding tert-OH is 3. The van der Waals surface area contributed by atoms with E-state index in [1.165, 1.54) is 0 Å². The van der Waals surface area contributed by atoms with Crippen molar-refractivity contribution < 1.29 is 25.2 Å². The normalized spacial score (nSPS) is 13.0. The Labute approximate surface area is 82.3 Å². The highest BCUT2D eigenvalue weighted by Gasteiger charge is 2.35. The average Bonchev–Trinajstić information content (AvgIpc) is 2.19. The van der Waals surface area contributed by atoms with Crippen molar-refractivity contribution in [2.45, 2.75) is 13.3 Å². The first-order valence-corrected chi connectivity index (χ1v) is 4.34. The maximum Gasteiger partial charge on any atom is 0.332 e. The van der Waals surface area contributed by atoms with Gasteiger partial charge < -0.3 is 20.4 Å². The first kappa shape index (κ1) is 13.1. The largest absolute Gasteiger partial charge is 0.478 e. The summed E-state index contributed by atoms with van der Waals surface area (Å²) in [6.45, 7) is 0.320. The molecule has 0 aliphatic carbocycles. The lowest BCUT2D eigenvalue weighted by molar-refractivity contribution is -0.135. The molecular weight excluding hydrogens is 188 g/mol. The van der Waals surface area contributed by atoms with E-state index in [1.54, 1.807) is 6.92 Å². The molecule has 0 heterocycles. The van der Waals surface area contributed by atoms with Gasteiger partial charge in [-0.15, -0.1) is 0 Å². The molecule has 0 spiro atoms. The molecule has 0 aliphatic heterocycles. The summed E-state index contributed by atoms with van der Waals surface area (Å²) in [5.41, 5.74) is -1.32. The number of rotatable bonds is 6. The highest BCUT2D eigenvalue weighted by atomic mass is 16.4. The number of aliphatic hydroxyl groups is 3. The van der Waals surface area contributed by atoms with E-state index in [0.29, 0.717) is 0 Å². The van der Waals surface area contributed by atoms with Gasteiger partial charge in [-0.3, -0.25) is 0 Å². The van der Waals surface area contributed by atoms with E-state index in [0.717, 1.165) is 6.08 Å². The first-order valence-electron chi connectivity index (χ1n) is 4.34. The summed E-state index contributed by atoms with van der Waals surface area (Å²) in [6, 6.07) is 0. The SMILES string of the molecule is CCC(CO)(CO)C(=CCO)C(=O)O. The zero-order valence-corrected chi connectivity index (χ0v) is 8.10. The molecule has 0 saturated heterocycles. The van der Waals surface area contributed by atoms with Crippen LogP contribution >= 0.6 is 0 Å². The second-order valence-electron chi connectivity index (χ2n) is 3.06. The van der Waals surface area contributed by atoms with Crippen molar-refractivity contribution in [1.82, 2.24) is 0 Å². The van der Waals surface area contributed by atoms with Crippen LogP contribution in [0, 0.1) is 5.41 Å². The van der Waals surface area contributed by atoms with Crippen LogP contribution < -0.4 is 0 Å². The number of hydrogen-bond donors (Lipinski definition) is 4. The lowest BCUT2D eigenvalue weighted by Gasteiger charge is -2.28. The summed E-state index contributed by atoms with van der Waals surface area (Å²) in [5, 5.41) is 35.6. The van der Waals surface area contributed by atoms with Crippen LogP contribution in [0.3, 0.4) is 0 Å². The molecule has 0 rings (SSSR count). The van der Waals surface area contributed by atoms with Crippen LogP contribution in [0.25, 0.3) is 0 Å². The summed E-state index contributed by atoms with van der Waals surface area (Å²) in [5.74, 6) is -1.23. The van der Waals surface area contributed by atoms with Gasteiger partial charge in [0.1, 0.15) is 0 Å². The van der Waals surface area contributed by atoms with E-state index in [-0.39, 0.29) is 12.0 Å². The summed E-state index contributed by atoms with van der Waals surface area (Å²) in [4.78, 5) is 10.8. The van der Waals surface area contributed by atoms with E-state index in [9.17, 15) is 4.79 Å². The van der Waals surface area contributed by atoms with E-state index >= 15 is 0 Å². The number of aliphatic carboxylic acids is 1. The quantitative estimate of drug-likeness (QED) is 0.432. The maximum absolute atomic E-state index is 10.8. The molecule has 0 aliphatic rings. The minimum Gasteiger partial charge on any atom is -0.478 e. The molecule has 82 valence electrons. The average molecular weight is 204 g/mol. The number of hydrogen-bond acceptors (Lipinski definition) is 4. The highest BCUT2D eigenvalue weighted by molar-refractivity contribution is 5.88. The maximum atomic E-state index is 10.8. The third kappa shape index (κ3) is 2.54. The van der Waals surface area contributed by atoms with E-state index in [1.807, 2.05) is 0 Å². The van der Waals surface area contributed by atoms with E-state index < -0.39 is 31.2 Å². The van der Waals surface area contributed by atoms with Gasteiger partial charge in [-0.1, -0.05) is 6.92 Å². The number of carboxylic acids is 1. The molecule has 0 saturated carbocycles. The van der Waals surface area contributed by atoms with Gasteiger partial charge in [0, 0.05) is 11.0 Å². The molecule has 0 amide bonds. The van der Waals surface area contributed by atoms with Gasteiger partial charge in [0.15, 0.2) is 0 Å². The van der Waals surface area contributed by atoms with Gasteiger partial charge in [0.05, 0.1) is 19.8 Å². The Kier molecular flexibility index (Phi) is 5.37. The molecule has 5 heteroatoms. The second kappa shape index (κ2) is 5.74. The van der Waals surface area contributed by atoms with E-state index in [2.05, 4.69) is 0 Å². The Hall–Kier alpha value is -0.910. The molecule has 0 aromatic heterocycles. The molecule has 0 fully saturated rings. The lowest BCUT2D eigenvalue weighted by atomic mass is 9.79. The third-order valence-corrected chi connectivity index (χ3v) is 2.38. The predicted molar refractivity (Wildman–Crippen MR) is 49.7 cm³/mol. The van der Waals surface area contributed by atoms with Crippen molar-refractivity contribution >= 4 is 5.97 Å². The molecule has 0 bridgehead atoms. The molecule has 14 heavy (non-hydrogen) atoms. The van der Waals surface area contributed by atoms with Crippen molar-refractivity contribution in [3.63, 3.8) is 0 Å². The molecular formula is C9H16O5. The predicted octanol–water partition coefficient (Wildman–Crippen LogP) is -0.629. The zero-order valence-electron chi connectivity index (χ0n) is 8.10. The monoisotopic (exact) mass is 204 g/mol. The van der Waals surface area contributed by atoms with Gasteiger partial charge >= 0.3 is 5.97 Å². The molecule has 5 nitrogen and oxygen atoms in total. The van der Waals surface area contributed by atoms with Crippen LogP contribution in [0.5, 0.6) is 0 Å². The molecule has 0 aromatic carbocycles. The fourth-order valence-corrected chi connectivity index (χ4v) is 1.26. The summed E-state index contributed by atoms with van der Waals surface area (Å²) >= 11 is 0. The van der Waals surface area contributed by atoms with Crippen LogP contribution in [0.1, 0.15) is 13.3 Å². The minimum absolute atomic E-state index is 0.146. The number of carbonyl (C=O) groups is 1. The standard InChI is InChI=1S/C9H16O5/c1-2-9(5-11,6-12)7(3-4-10)8(13)14/h3,10-12H,2,4-6H2,1H3,(H,13,14). The molecule has 0 unspecified atom stereocenters. The molecule has 0 radical (unpaired) electrons. The smallest absolute Gasteiger partial charge is 0.332 e. The van der Waals surface area contributed by atoms with Gasteiger partial charge in [0.25, 0.3) is 0 Å². The summed E-state index contributed by atoms with van der Waals surface area (Å²) < 4.78 is 0. The second-order valence-corrected chi connectivity index (χ2v) is 3.06. The topological polar surface area (TPSA) is 98.0 Å². The van der Waals surface area contributed by atoms with Gasteiger partial charge in [0.2, 0.25) is 0 Å². The van der Waals surface area contributed by atoms with Crippen molar-refractivity contribution in [2.24, 2.45) is 5.41 Å². The van der Waals surface area contributed by atoms with Gasteiger partial charge in [-0.25, -0.2) is 4.79 Å². The fourth-order valence-electron chi connectivity index (χ4n) is 1.26.